The Labute approximate surface area is 59.0 Å². The Bertz CT molecular complexity index is 146. The van der Waals surface area contributed by atoms with Crippen LogP contribution in [0.1, 0.15) is 13.3 Å². The highest BCUT2D eigenvalue weighted by Crippen LogP contribution is 2.15. The zero-order valence-electron chi connectivity index (χ0n) is 5.78. The third-order valence-corrected chi connectivity index (χ3v) is 1.59. The number of hydrogen-bond acceptors (Lipinski definition) is 4. The van der Waals surface area contributed by atoms with Crippen molar-refractivity contribution in [3.8, 4) is 0 Å². The fraction of sp³-hybridized carbons (Fsp3) is 0.833. The van der Waals surface area contributed by atoms with Gasteiger partial charge in [-0.1, -0.05) is 0 Å². The van der Waals surface area contributed by atoms with E-state index in [0.29, 0.717) is 6.42 Å². The van der Waals surface area contributed by atoms with Crippen LogP contribution in [0.2, 0.25) is 0 Å². The van der Waals surface area contributed by atoms with Crippen LogP contribution in [0.3, 0.4) is 0 Å². The van der Waals surface area contributed by atoms with Gasteiger partial charge in [-0.2, -0.15) is 0 Å². The minimum Gasteiger partial charge on any atom is -0.458 e. The van der Waals surface area contributed by atoms with Crippen LogP contribution in [0.25, 0.3) is 0 Å². The third kappa shape index (κ3) is 1.27. The molecule has 0 aliphatic carbocycles. The molecule has 0 spiro atoms. The second kappa shape index (κ2) is 2.56. The molecule has 1 heterocycles. The normalized spacial score (nSPS) is 35.7. The zero-order chi connectivity index (χ0) is 7.72. The summed E-state index contributed by atoms with van der Waals surface area (Å²) in [7, 11) is 0. The molecule has 1 rings (SSSR count). The van der Waals surface area contributed by atoms with Crippen molar-refractivity contribution >= 4 is 5.97 Å². The number of ether oxygens (including phenoxy) is 1. The maximum Gasteiger partial charge on any atom is 0.323 e. The lowest BCUT2D eigenvalue weighted by Gasteiger charge is -2.10. The molecule has 1 saturated heterocycles. The van der Waals surface area contributed by atoms with Crippen molar-refractivity contribution in [2.24, 2.45) is 5.73 Å². The first-order valence-corrected chi connectivity index (χ1v) is 3.25. The summed E-state index contributed by atoms with van der Waals surface area (Å²) in [4.78, 5) is 10.6. The minimum atomic E-state index is -0.613. The first-order valence-electron chi connectivity index (χ1n) is 3.25. The van der Waals surface area contributed by atoms with Crippen LogP contribution in [-0.4, -0.2) is 29.3 Å². The summed E-state index contributed by atoms with van der Waals surface area (Å²) < 4.78 is 4.72. The highest BCUT2D eigenvalue weighted by atomic mass is 16.6. The molecule has 3 atom stereocenters. The number of rotatable bonds is 1. The van der Waals surface area contributed by atoms with E-state index in [1.807, 2.05) is 0 Å². The standard InChI is InChI=1S/C6H11NO3/c1-3(8)5-2-4(7)6(9)10-5/h3-5,8H,2,7H2,1H3/t3?,4-,5+/m0/s1. The summed E-state index contributed by atoms with van der Waals surface area (Å²) >= 11 is 0. The van der Waals surface area contributed by atoms with Gasteiger partial charge in [0.2, 0.25) is 0 Å². The summed E-state index contributed by atoms with van der Waals surface area (Å²) in [6, 6.07) is -0.542. The molecule has 0 amide bonds. The van der Waals surface area contributed by atoms with Gasteiger partial charge in [0.15, 0.2) is 0 Å². The second-order valence-corrected chi connectivity index (χ2v) is 2.56. The van der Waals surface area contributed by atoms with Gasteiger partial charge in [0, 0.05) is 6.42 Å². The number of aliphatic hydroxyl groups excluding tert-OH is 1. The fourth-order valence-corrected chi connectivity index (χ4v) is 0.927. The Morgan fingerprint density at radius 1 is 1.90 bits per heavy atom. The molecular formula is C6H11NO3. The zero-order valence-corrected chi connectivity index (χ0v) is 5.78. The first-order chi connectivity index (χ1) is 4.61. The molecule has 0 bridgehead atoms. The summed E-state index contributed by atoms with van der Waals surface area (Å²) in [6.45, 7) is 1.58. The number of carbonyl (C=O) groups excluding carboxylic acids is 1. The Kier molecular flexibility index (Phi) is 1.92. The number of cyclic esters (lactones) is 1. The van der Waals surface area contributed by atoms with Crippen molar-refractivity contribution in [1.29, 1.82) is 0 Å². The van der Waals surface area contributed by atoms with E-state index in [1.54, 1.807) is 6.92 Å². The molecule has 0 aromatic carbocycles. The third-order valence-electron chi connectivity index (χ3n) is 1.59. The van der Waals surface area contributed by atoms with Gasteiger partial charge in [-0.05, 0) is 6.92 Å². The Morgan fingerprint density at radius 2 is 2.50 bits per heavy atom. The summed E-state index contributed by atoms with van der Waals surface area (Å²) in [5.41, 5.74) is 5.32. The molecule has 4 heteroatoms. The average molecular weight is 145 g/mol. The van der Waals surface area contributed by atoms with E-state index in [1.165, 1.54) is 0 Å². The van der Waals surface area contributed by atoms with Crippen LogP contribution in [0, 0.1) is 0 Å². The Hall–Kier alpha value is -0.610. The van der Waals surface area contributed by atoms with E-state index in [4.69, 9.17) is 15.6 Å². The highest BCUT2D eigenvalue weighted by molar-refractivity contribution is 5.77. The quantitative estimate of drug-likeness (QED) is 0.465. The molecule has 4 nitrogen and oxygen atoms in total. The molecule has 58 valence electrons. The van der Waals surface area contributed by atoms with E-state index < -0.39 is 24.2 Å². The largest absolute Gasteiger partial charge is 0.458 e. The predicted octanol–water partition coefficient (Wildman–Crippen LogP) is -0.990. The minimum absolute atomic E-state index is 0.400. The predicted molar refractivity (Wildman–Crippen MR) is 34.2 cm³/mol. The van der Waals surface area contributed by atoms with E-state index in [0.717, 1.165) is 0 Å². The van der Waals surface area contributed by atoms with Crippen LogP contribution >= 0.6 is 0 Å². The topological polar surface area (TPSA) is 72.5 Å². The van der Waals surface area contributed by atoms with Crippen molar-refractivity contribution in [3.63, 3.8) is 0 Å². The second-order valence-electron chi connectivity index (χ2n) is 2.56. The van der Waals surface area contributed by atoms with Gasteiger partial charge in [0.1, 0.15) is 12.1 Å². The lowest BCUT2D eigenvalue weighted by Crippen LogP contribution is -2.25. The number of nitrogens with two attached hydrogens (primary N) is 1. The van der Waals surface area contributed by atoms with Crippen LogP contribution < -0.4 is 5.73 Å². The molecule has 1 aliphatic rings. The fourth-order valence-electron chi connectivity index (χ4n) is 0.927. The molecule has 1 unspecified atom stereocenters. The van der Waals surface area contributed by atoms with Gasteiger partial charge in [-0.25, -0.2) is 0 Å². The summed E-state index contributed by atoms with van der Waals surface area (Å²) in [6.07, 6.45) is -0.587. The highest BCUT2D eigenvalue weighted by Gasteiger charge is 2.33. The SMILES string of the molecule is CC(O)[C@H]1C[C@H](N)C(=O)O1. The van der Waals surface area contributed by atoms with Crippen molar-refractivity contribution in [2.45, 2.75) is 31.6 Å². The van der Waals surface area contributed by atoms with Gasteiger partial charge < -0.3 is 15.6 Å². The Balaban J connectivity index is 2.49. The van der Waals surface area contributed by atoms with Crippen LogP contribution in [0.5, 0.6) is 0 Å². The number of aliphatic hydroxyl groups is 1. The molecule has 0 saturated carbocycles. The monoisotopic (exact) mass is 145 g/mol. The summed E-state index contributed by atoms with van der Waals surface area (Å²) in [5.74, 6) is -0.411. The molecular weight excluding hydrogens is 134 g/mol. The van der Waals surface area contributed by atoms with E-state index >= 15 is 0 Å². The average Bonchev–Trinajstić information content (AvgIpc) is 2.13. The van der Waals surface area contributed by atoms with Gasteiger partial charge in [-0.15, -0.1) is 0 Å². The molecule has 3 N–H and O–H groups in total. The Morgan fingerprint density at radius 3 is 2.70 bits per heavy atom. The smallest absolute Gasteiger partial charge is 0.323 e. The van der Waals surface area contributed by atoms with Gasteiger partial charge in [0.05, 0.1) is 6.10 Å². The van der Waals surface area contributed by atoms with E-state index in [-0.39, 0.29) is 0 Å². The van der Waals surface area contributed by atoms with Crippen molar-refractivity contribution in [3.05, 3.63) is 0 Å². The van der Waals surface area contributed by atoms with Crippen molar-refractivity contribution < 1.29 is 14.6 Å². The molecule has 1 fully saturated rings. The molecule has 0 aromatic heterocycles. The van der Waals surface area contributed by atoms with Crippen molar-refractivity contribution in [1.82, 2.24) is 0 Å². The maximum atomic E-state index is 10.6. The lowest BCUT2D eigenvalue weighted by atomic mass is 10.1. The van der Waals surface area contributed by atoms with Crippen LogP contribution in [0.4, 0.5) is 0 Å². The lowest BCUT2D eigenvalue weighted by molar-refractivity contribution is -0.145. The van der Waals surface area contributed by atoms with Crippen molar-refractivity contribution in [2.75, 3.05) is 0 Å². The number of carbonyl (C=O) groups is 1. The van der Waals surface area contributed by atoms with E-state index in [2.05, 4.69) is 0 Å². The van der Waals surface area contributed by atoms with Gasteiger partial charge >= 0.3 is 5.97 Å². The van der Waals surface area contributed by atoms with E-state index in [9.17, 15) is 4.79 Å². The van der Waals surface area contributed by atoms with Gasteiger partial charge in [0.25, 0.3) is 0 Å². The molecule has 0 radical (unpaired) electrons. The van der Waals surface area contributed by atoms with Crippen LogP contribution in [-0.2, 0) is 9.53 Å². The number of hydrogen-bond donors (Lipinski definition) is 2. The summed E-state index contributed by atoms with van der Waals surface area (Å²) in [5, 5.41) is 8.95. The molecule has 0 aromatic rings. The number of esters is 1. The molecule has 10 heavy (non-hydrogen) atoms. The maximum absolute atomic E-state index is 10.6. The van der Waals surface area contributed by atoms with Gasteiger partial charge in [-0.3, -0.25) is 4.79 Å². The first kappa shape index (κ1) is 7.50. The molecule has 1 aliphatic heterocycles. The van der Waals surface area contributed by atoms with Crippen LogP contribution in [0.15, 0.2) is 0 Å².